The zero-order valence-electron chi connectivity index (χ0n) is 12.2. The molecule has 0 atom stereocenters. The smallest absolute Gasteiger partial charge is 0.217 e. The summed E-state index contributed by atoms with van der Waals surface area (Å²) in [6.07, 6.45) is 1.54. The van der Waals surface area contributed by atoms with Gasteiger partial charge in [0, 0.05) is 20.2 Å². The zero-order chi connectivity index (χ0) is 15.7. The van der Waals surface area contributed by atoms with E-state index in [9.17, 15) is 8.42 Å². The summed E-state index contributed by atoms with van der Waals surface area (Å²) in [6.45, 7) is 4.48. The van der Waals surface area contributed by atoms with E-state index in [2.05, 4.69) is 6.58 Å². The largest absolute Gasteiger partial charge is 0.490 e. The Labute approximate surface area is 126 Å². The maximum atomic E-state index is 12.2. The van der Waals surface area contributed by atoms with Gasteiger partial charge in [0.1, 0.15) is 12.4 Å². The highest BCUT2D eigenvalue weighted by Crippen LogP contribution is 2.19. The first-order valence-electron chi connectivity index (χ1n) is 6.56. The van der Waals surface area contributed by atoms with Crippen molar-refractivity contribution in [1.29, 1.82) is 0 Å². The second-order valence-electron chi connectivity index (χ2n) is 4.34. The maximum absolute atomic E-state index is 12.2. The summed E-state index contributed by atoms with van der Waals surface area (Å²) in [5.74, 6) is 0.360. The number of nitrogens with zero attached hydrogens (tertiary/aromatic N) is 1. The molecule has 0 aliphatic heterocycles. The molecule has 0 fully saturated rings. The molecule has 0 spiro atoms. The van der Waals surface area contributed by atoms with Crippen LogP contribution in [0.15, 0.2) is 36.9 Å². The maximum Gasteiger partial charge on any atom is 0.217 e. The predicted octanol–water partition coefficient (Wildman–Crippen LogP) is 1.11. The van der Waals surface area contributed by atoms with E-state index in [0.717, 1.165) is 0 Å². The quantitative estimate of drug-likeness (QED) is 0.517. The molecule has 0 aliphatic rings. The minimum absolute atomic E-state index is 0.0389. The minimum Gasteiger partial charge on any atom is -0.490 e. The fourth-order valence-corrected chi connectivity index (χ4v) is 2.92. The molecule has 0 aromatic heterocycles. The number of methoxy groups -OCH3 is 1. The van der Waals surface area contributed by atoms with E-state index < -0.39 is 10.0 Å². The van der Waals surface area contributed by atoms with E-state index in [-0.39, 0.29) is 18.9 Å². The van der Waals surface area contributed by atoms with E-state index >= 15 is 0 Å². The van der Waals surface area contributed by atoms with Crippen LogP contribution in [-0.2, 0) is 14.8 Å². The Morgan fingerprint density at radius 2 is 2.05 bits per heavy atom. The number of nitrogen functional groups attached to an aromatic ring is 1. The van der Waals surface area contributed by atoms with Crippen molar-refractivity contribution in [1.82, 2.24) is 4.31 Å². The van der Waals surface area contributed by atoms with Crippen molar-refractivity contribution in [3.8, 4) is 5.75 Å². The van der Waals surface area contributed by atoms with Gasteiger partial charge in [0.15, 0.2) is 0 Å². The third-order valence-corrected chi connectivity index (χ3v) is 4.59. The first-order valence-corrected chi connectivity index (χ1v) is 8.17. The molecule has 1 rings (SSSR count). The van der Waals surface area contributed by atoms with Crippen molar-refractivity contribution in [2.75, 3.05) is 44.9 Å². The molecule has 0 bridgehead atoms. The topological polar surface area (TPSA) is 81.9 Å². The van der Waals surface area contributed by atoms with E-state index in [1.54, 1.807) is 30.3 Å². The van der Waals surface area contributed by atoms with Crippen LogP contribution in [0.25, 0.3) is 0 Å². The van der Waals surface area contributed by atoms with Crippen molar-refractivity contribution >= 4 is 15.7 Å². The van der Waals surface area contributed by atoms with Crippen LogP contribution in [0.1, 0.15) is 0 Å². The van der Waals surface area contributed by atoms with Crippen LogP contribution in [-0.4, -0.2) is 51.9 Å². The van der Waals surface area contributed by atoms with Crippen molar-refractivity contribution < 1.29 is 17.9 Å². The summed E-state index contributed by atoms with van der Waals surface area (Å²) in [5.41, 5.74) is 6.21. The molecule has 21 heavy (non-hydrogen) atoms. The number of nitrogens with two attached hydrogens (primary N) is 1. The Kier molecular flexibility index (Phi) is 7.21. The van der Waals surface area contributed by atoms with Gasteiger partial charge in [-0.1, -0.05) is 18.2 Å². The second-order valence-corrected chi connectivity index (χ2v) is 6.43. The normalized spacial score (nSPS) is 11.5. The Morgan fingerprint density at radius 3 is 2.67 bits per heavy atom. The summed E-state index contributed by atoms with van der Waals surface area (Å²) in [6, 6.07) is 6.97. The van der Waals surface area contributed by atoms with Crippen LogP contribution < -0.4 is 10.5 Å². The average molecular weight is 314 g/mol. The summed E-state index contributed by atoms with van der Waals surface area (Å²) >= 11 is 0. The highest BCUT2D eigenvalue weighted by molar-refractivity contribution is 7.89. The van der Waals surface area contributed by atoms with Crippen molar-refractivity contribution in [2.24, 2.45) is 0 Å². The zero-order valence-corrected chi connectivity index (χ0v) is 13.0. The van der Waals surface area contributed by atoms with Crippen LogP contribution in [0.5, 0.6) is 5.75 Å². The van der Waals surface area contributed by atoms with Crippen LogP contribution >= 0.6 is 0 Å². The lowest BCUT2D eigenvalue weighted by molar-refractivity contribution is 0.181. The Morgan fingerprint density at radius 1 is 1.33 bits per heavy atom. The van der Waals surface area contributed by atoms with Gasteiger partial charge in [-0.3, -0.25) is 0 Å². The van der Waals surface area contributed by atoms with Crippen LogP contribution in [0.4, 0.5) is 5.69 Å². The van der Waals surface area contributed by atoms with E-state index in [0.29, 0.717) is 24.6 Å². The van der Waals surface area contributed by atoms with Gasteiger partial charge < -0.3 is 15.2 Å². The molecule has 0 amide bonds. The van der Waals surface area contributed by atoms with Crippen molar-refractivity contribution in [3.63, 3.8) is 0 Å². The van der Waals surface area contributed by atoms with Gasteiger partial charge in [-0.25, -0.2) is 8.42 Å². The van der Waals surface area contributed by atoms with E-state index in [1.807, 2.05) is 0 Å². The molecular weight excluding hydrogens is 292 g/mol. The average Bonchev–Trinajstić information content (AvgIpc) is 2.45. The van der Waals surface area contributed by atoms with Gasteiger partial charge >= 0.3 is 0 Å². The predicted molar refractivity (Wildman–Crippen MR) is 83.8 cm³/mol. The van der Waals surface area contributed by atoms with Gasteiger partial charge in [0.05, 0.1) is 18.0 Å². The first kappa shape index (κ1) is 17.5. The number of hydrogen-bond acceptors (Lipinski definition) is 5. The van der Waals surface area contributed by atoms with Gasteiger partial charge in [0.25, 0.3) is 0 Å². The van der Waals surface area contributed by atoms with Crippen LogP contribution in [0.2, 0.25) is 0 Å². The molecule has 0 saturated carbocycles. The van der Waals surface area contributed by atoms with Gasteiger partial charge in [-0.05, 0) is 12.1 Å². The highest BCUT2D eigenvalue weighted by Gasteiger charge is 2.20. The Balaban J connectivity index is 2.58. The SMILES string of the molecule is C=CCN(CCOC)S(=O)(=O)CCOc1ccccc1N. The molecule has 0 saturated heterocycles. The molecule has 0 radical (unpaired) electrons. The van der Waals surface area contributed by atoms with Crippen LogP contribution in [0, 0.1) is 0 Å². The molecule has 1 aromatic carbocycles. The van der Waals surface area contributed by atoms with Gasteiger partial charge in [-0.15, -0.1) is 6.58 Å². The summed E-state index contributed by atoms with van der Waals surface area (Å²) in [7, 11) is -1.90. The van der Waals surface area contributed by atoms with Crippen molar-refractivity contribution in [3.05, 3.63) is 36.9 Å². The molecule has 2 N–H and O–H groups in total. The molecule has 6 nitrogen and oxygen atoms in total. The summed E-state index contributed by atoms with van der Waals surface area (Å²) < 4.78 is 36.1. The number of rotatable bonds is 10. The standard InChI is InChI=1S/C14H22N2O4S/c1-3-8-16(9-10-19-2)21(17,18)12-11-20-14-7-5-4-6-13(14)15/h3-7H,1,8-12,15H2,2H3. The van der Waals surface area contributed by atoms with Gasteiger partial charge in [-0.2, -0.15) is 4.31 Å². The third-order valence-electron chi connectivity index (χ3n) is 2.79. The Bertz CT molecular complexity index is 546. The molecule has 0 aliphatic carbocycles. The molecule has 0 heterocycles. The van der Waals surface area contributed by atoms with Crippen molar-refractivity contribution in [2.45, 2.75) is 0 Å². The number of hydrogen-bond donors (Lipinski definition) is 1. The fourth-order valence-electron chi connectivity index (χ4n) is 1.68. The number of anilines is 1. The number of benzene rings is 1. The molecule has 0 unspecified atom stereocenters. The number of sulfonamides is 1. The Hall–Kier alpha value is -1.57. The lowest BCUT2D eigenvalue weighted by Crippen LogP contribution is -2.37. The highest BCUT2D eigenvalue weighted by atomic mass is 32.2. The number of ether oxygens (including phenoxy) is 2. The minimum atomic E-state index is -3.42. The van der Waals surface area contributed by atoms with E-state index in [4.69, 9.17) is 15.2 Å². The number of para-hydroxylation sites is 2. The first-order chi connectivity index (χ1) is 10.0. The second kappa shape index (κ2) is 8.66. The molecule has 118 valence electrons. The third kappa shape index (κ3) is 5.74. The van der Waals surface area contributed by atoms with E-state index in [1.165, 1.54) is 11.4 Å². The fraction of sp³-hybridized carbons (Fsp3) is 0.429. The summed E-state index contributed by atoms with van der Waals surface area (Å²) in [5, 5.41) is 0. The molecule has 1 aromatic rings. The summed E-state index contributed by atoms with van der Waals surface area (Å²) in [4.78, 5) is 0. The molecule has 7 heteroatoms. The van der Waals surface area contributed by atoms with Crippen LogP contribution in [0.3, 0.4) is 0 Å². The lowest BCUT2D eigenvalue weighted by Gasteiger charge is -2.20. The lowest BCUT2D eigenvalue weighted by atomic mass is 10.3. The molecular formula is C14H22N2O4S. The van der Waals surface area contributed by atoms with Gasteiger partial charge in [0.2, 0.25) is 10.0 Å². The monoisotopic (exact) mass is 314 g/mol.